The Hall–Kier alpha value is -3.06. The molecule has 0 aliphatic heterocycles. The molecule has 4 rings (SSSR count). The predicted octanol–water partition coefficient (Wildman–Crippen LogP) is 3.52. The highest BCUT2D eigenvalue weighted by molar-refractivity contribution is 7.91. The molecule has 4 aromatic rings. The second-order valence-electron chi connectivity index (χ2n) is 6.34. The van der Waals surface area contributed by atoms with Crippen molar-refractivity contribution in [3.63, 3.8) is 0 Å². The van der Waals surface area contributed by atoms with Crippen molar-refractivity contribution in [2.24, 2.45) is 0 Å². The molecule has 0 radical (unpaired) electrons. The number of aromatic nitrogens is 4. The average molecular weight is 378 g/mol. The Kier molecular flexibility index (Phi) is 4.24. The van der Waals surface area contributed by atoms with Crippen molar-refractivity contribution in [1.82, 2.24) is 20.0 Å². The van der Waals surface area contributed by atoms with Gasteiger partial charge in [0.1, 0.15) is 4.90 Å². The van der Waals surface area contributed by atoms with Crippen molar-refractivity contribution in [3.05, 3.63) is 72.2 Å². The lowest BCUT2D eigenvalue weighted by atomic mass is 10.1. The molecule has 7 heteroatoms. The van der Waals surface area contributed by atoms with Crippen LogP contribution in [0.25, 0.3) is 16.6 Å². The van der Waals surface area contributed by atoms with Gasteiger partial charge in [-0.2, -0.15) is 0 Å². The highest BCUT2D eigenvalue weighted by Crippen LogP contribution is 2.31. The van der Waals surface area contributed by atoms with E-state index in [-0.39, 0.29) is 9.79 Å². The topological polar surface area (TPSA) is 77.7 Å². The third kappa shape index (κ3) is 3.00. The largest absolute Gasteiger partial charge is 0.255 e. The van der Waals surface area contributed by atoms with Gasteiger partial charge in [0.05, 0.1) is 28.5 Å². The molecule has 2 aromatic carbocycles. The molecule has 0 aliphatic rings. The number of fused-ring (bicyclic) bond motifs is 1. The first-order valence-corrected chi connectivity index (χ1v) is 10.1. The Morgan fingerprint density at radius 3 is 2.52 bits per heavy atom. The van der Waals surface area contributed by atoms with Crippen LogP contribution in [0.2, 0.25) is 0 Å². The number of benzene rings is 2. The molecular weight excluding hydrogens is 360 g/mol. The SMILES string of the molecule is CCc1ccc(S(=O)(=O)c2cnc3ccc(C)cc3c2-n2ccnn2)cc1. The summed E-state index contributed by atoms with van der Waals surface area (Å²) < 4.78 is 28.2. The number of nitrogens with zero attached hydrogens (tertiary/aromatic N) is 4. The lowest BCUT2D eigenvalue weighted by Crippen LogP contribution is -2.10. The summed E-state index contributed by atoms with van der Waals surface area (Å²) in [6, 6.07) is 12.7. The van der Waals surface area contributed by atoms with E-state index in [9.17, 15) is 8.42 Å². The molecule has 0 amide bonds. The molecule has 0 unspecified atom stereocenters. The molecule has 0 atom stereocenters. The van der Waals surface area contributed by atoms with E-state index in [0.29, 0.717) is 16.6 Å². The molecule has 6 nitrogen and oxygen atoms in total. The van der Waals surface area contributed by atoms with Crippen LogP contribution in [-0.2, 0) is 16.3 Å². The van der Waals surface area contributed by atoms with Gasteiger partial charge in [-0.1, -0.05) is 35.9 Å². The first-order valence-electron chi connectivity index (χ1n) is 8.61. The van der Waals surface area contributed by atoms with Gasteiger partial charge in [0, 0.05) is 11.6 Å². The summed E-state index contributed by atoms with van der Waals surface area (Å²) in [5.41, 5.74) is 3.25. The van der Waals surface area contributed by atoms with E-state index in [1.807, 2.05) is 44.2 Å². The fourth-order valence-electron chi connectivity index (χ4n) is 3.07. The van der Waals surface area contributed by atoms with Crippen LogP contribution >= 0.6 is 0 Å². The lowest BCUT2D eigenvalue weighted by molar-refractivity contribution is 0.594. The Labute approximate surface area is 157 Å². The minimum Gasteiger partial charge on any atom is -0.255 e. The summed E-state index contributed by atoms with van der Waals surface area (Å²) in [4.78, 5) is 4.72. The summed E-state index contributed by atoms with van der Waals surface area (Å²) in [5, 5.41) is 8.59. The molecule has 0 saturated carbocycles. The molecule has 0 bridgehead atoms. The van der Waals surface area contributed by atoms with Crippen LogP contribution in [0.1, 0.15) is 18.1 Å². The van der Waals surface area contributed by atoms with Crippen LogP contribution in [-0.4, -0.2) is 28.4 Å². The minimum absolute atomic E-state index is 0.107. The van der Waals surface area contributed by atoms with Crippen LogP contribution in [0.3, 0.4) is 0 Å². The average Bonchev–Trinajstić information content (AvgIpc) is 3.21. The highest BCUT2D eigenvalue weighted by Gasteiger charge is 2.25. The molecule has 2 heterocycles. The molecule has 0 N–H and O–H groups in total. The summed E-state index contributed by atoms with van der Waals surface area (Å²) in [6.45, 7) is 3.98. The molecule has 27 heavy (non-hydrogen) atoms. The number of sulfone groups is 1. The molecule has 136 valence electrons. The van der Waals surface area contributed by atoms with Crippen molar-refractivity contribution >= 4 is 20.7 Å². The van der Waals surface area contributed by atoms with Crippen molar-refractivity contribution in [3.8, 4) is 5.69 Å². The number of hydrogen-bond donors (Lipinski definition) is 0. The second kappa shape index (κ2) is 6.59. The van der Waals surface area contributed by atoms with Gasteiger partial charge in [-0.05, 0) is 43.2 Å². The monoisotopic (exact) mass is 378 g/mol. The predicted molar refractivity (Wildman–Crippen MR) is 103 cm³/mol. The molecule has 0 saturated heterocycles. The zero-order valence-electron chi connectivity index (χ0n) is 15.0. The first kappa shape index (κ1) is 17.4. The Bertz CT molecular complexity index is 1220. The van der Waals surface area contributed by atoms with E-state index >= 15 is 0 Å². The number of aryl methyl sites for hydroxylation is 2. The summed E-state index contributed by atoms with van der Waals surface area (Å²) >= 11 is 0. The maximum absolute atomic E-state index is 13.4. The number of pyridine rings is 1. The third-order valence-corrected chi connectivity index (χ3v) is 6.32. The highest BCUT2D eigenvalue weighted by atomic mass is 32.2. The van der Waals surface area contributed by atoms with Crippen molar-refractivity contribution < 1.29 is 8.42 Å². The van der Waals surface area contributed by atoms with Gasteiger partial charge < -0.3 is 0 Å². The normalized spacial score (nSPS) is 11.8. The Balaban J connectivity index is 2.02. The standard InChI is InChI=1S/C20H18N4O2S/c1-3-15-5-7-16(8-6-15)27(25,26)19-13-21-18-9-4-14(2)12-17(18)20(19)24-11-10-22-23-24/h4-13H,3H2,1-2H3. The van der Waals surface area contributed by atoms with Crippen LogP contribution < -0.4 is 0 Å². The lowest BCUT2D eigenvalue weighted by Gasteiger charge is -2.13. The molecule has 0 aliphatic carbocycles. The van der Waals surface area contributed by atoms with E-state index < -0.39 is 9.84 Å². The van der Waals surface area contributed by atoms with Crippen molar-refractivity contribution in [2.45, 2.75) is 30.1 Å². The Morgan fingerprint density at radius 2 is 1.85 bits per heavy atom. The van der Waals surface area contributed by atoms with Crippen LogP contribution in [0.15, 0.2) is 70.8 Å². The van der Waals surface area contributed by atoms with Gasteiger partial charge in [0.2, 0.25) is 9.84 Å². The van der Waals surface area contributed by atoms with Gasteiger partial charge in [-0.25, -0.2) is 13.1 Å². The van der Waals surface area contributed by atoms with Crippen LogP contribution in [0.5, 0.6) is 0 Å². The maximum atomic E-state index is 13.4. The van der Waals surface area contributed by atoms with Gasteiger partial charge >= 0.3 is 0 Å². The fraction of sp³-hybridized carbons (Fsp3) is 0.150. The zero-order valence-corrected chi connectivity index (χ0v) is 15.8. The third-order valence-electron chi connectivity index (χ3n) is 4.54. The maximum Gasteiger partial charge on any atom is 0.210 e. The van der Waals surface area contributed by atoms with Crippen molar-refractivity contribution in [2.75, 3.05) is 0 Å². The van der Waals surface area contributed by atoms with E-state index in [1.54, 1.807) is 18.3 Å². The Morgan fingerprint density at radius 1 is 1.07 bits per heavy atom. The van der Waals surface area contributed by atoms with E-state index in [1.165, 1.54) is 17.1 Å². The second-order valence-corrected chi connectivity index (χ2v) is 8.26. The number of rotatable bonds is 4. The molecular formula is C20H18N4O2S. The van der Waals surface area contributed by atoms with E-state index in [0.717, 1.165) is 17.5 Å². The summed E-state index contributed by atoms with van der Waals surface area (Å²) in [6.07, 6.45) is 5.41. The molecule has 2 aromatic heterocycles. The van der Waals surface area contributed by atoms with Gasteiger partial charge in [-0.15, -0.1) is 5.10 Å². The van der Waals surface area contributed by atoms with E-state index in [2.05, 4.69) is 15.3 Å². The fourth-order valence-corrected chi connectivity index (χ4v) is 4.46. The molecule has 0 fully saturated rings. The van der Waals surface area contributed by atoms with Gasteiger partial charge in [0.15, 0.2) is 0 Å². The summed E-state index contributed by atoms with van der Waals surface area (Å²) in [5.74, 6) is 0. The van der Waals surface area contributed by atoms with Gasteiger partial charge in [-0.3, -0.25) is 4.98 Å². The quantitative estimate of drug-likeness (QED) is 0.543. The first-order chi connectivity index (χ1) is 13.0. The minimum atomic E-state index is -3.78. The molecule has 0 spiro atoms. The van der Waals surface area contributed by atoms with E-state index in [4.69, 9.17) is 0 Å². The van der Waals surface area contributed by atoms with Crippen molar-refractivity contribution in [1.29, 1.82) is 0 Å². The van der Waals surface area contributed by atoms with Crippen LogP contribution in [0, 0.1) is 6.92 Å². The summed E-state index contributed by atoms with van der Waals surface area (Å²) in [7, 11) is -3.78. The zero-order chi connectivity index (χ0) is 19.0. The smallest absolute Gasteiger partial charge is 0.210 e. The van der Waals surface area contributed by atoms with Gasteiger partial charge in [0.25, 0.3) is 0 Å². The number of hydrogen-bond acceptors (Lipinski definition) is 5. The van der Waals surface area contributed by atoms with Crippen LogP contribution in [0.4, 0.5) is 0 Å².